The normalized spacial score (nSPS) is 17.1. The van der Waals surface area contributed by atoms with E-state index in [1.165, 1.54) is 11.1 Å². The third-order valence-corrected chi connectivity index (χ3v) is 9.11. The molecular weight excluding hydrogens is 543 g/mol. The number of benzene rings is 3. The van der Waals surface area contributed by atoms with Gasteiger partial charge in [-0.1, -0.05) is 41.4 Å². The van der Waals surface area contributed by atoms with Crippen molar-refractivity contribution in [2.24, 2.45) is 0 Å². The number of halogens is 2. The Morgan fingerprint density at radius 2 is 1.80 bits per heavy atom. The summed E-state index contributed by atoms with van der Waals surface area (Å²) >= 11 is 12.4. The second-order valence-electron chi connectivity index (χ2n) is 10.6. The minimum atomic E-state index is -0.269. The van der Waals surface area contributed by atoms with Crippen LogP contribution in [0.4, 0.5) is 5.69 Å². The number of aromatic nitrogens is 1. The molecule has 1 fully saturated rings. The lowest BCUT2D eigenvalue weighted by Gasteiger charge is -2.38. The van der Waals surface area contributed by atoms with Crippen molar-refractivity contribution in [2.75, 3.05) is 25.0 Å². The summed E-state index contributed by atoms with van der Waals surface area (Å²) in [6.07, 6.45) is 7.13. The molecule has 204 valence electrons. The van der Waals surface area contributed by atoms with Crippen LogP contribution in [0.5, 0.6) is 0 Å². The third kappa shape index (κ3) is 5.14. The third-order valence-electron chi connectivity index (χ3n) is 8.29. The molecule has 2 aliphatic rings. The van der Waals surface area contributed by atoms with E-state index in [1.807, 2.05) is 48.6 Å². The van der Waals surface area contributed by atoms with Gasteiger partial charge in [-0.15, -0.1) is 0 Å². The van der Waals surface area contributed by atoms with E-state index in [-0.39, 0.29) is 28.9 Å². The molecule has 4 aromatic rings. The van der Waals surface area contributed by atoms with Crippen LogP contribution in [0.3, 0.4) is 0 Å². The van der Waals surface area contributed by atoms with E-state index in [2.05, 4.69) is 33.4 Å². The molecule has 1 unspecified atom stereocenters. The number of anilines is 1. The average Bonchev–Trinajstić information content (AvgIpc) is 3.39. The molecule has 1 aromatic heterocycles. The van der Waals surface area contributed by atoms with Crippen LogP contribution in [0.25, 0.3) is 10.8 Å². The molecule has 1 aliphatic heterocycles. The number of carbonyl (C=O) groups is 2. The number of nitrogens with zero attached hydrogens (tertiary/aromatic N) is 3. The SMILES string of the molecule is CN(C(=O)c1ccc2c(c1)C(NC(=O)c1cccc(Cl)c1Cl)CC2)C1CCN(c2ccc3cnccc3c2)CC1. The van der Waals surface area contributed by atoms with E-state index >= 15 is 0 Å². The molecule has 0 bridgehead atoms. The molecule has 2 heterocycles. The van der Waals surface area contributed by atoms with Crippen molar-refractivity contribution >= 4 is 51.5 Å². The van der Waals surface area contributed by atoms with Gasteiger partial charge in [0.05, 0.1) is 21.7 Å². The predicted molar refractivity (Wildman–Crippen MR) is 161 cm³/mol. The molecule has 1 saturated heterocycles. The van der Waals surface area contributed by atoms with Gasteiger partial charge in [0.2, 0.25) is 0 Å². The fraction of sp³-hybridized carbons (Fsp3) is 0.281. The van der Waals surface area contributed by atoms with Crippen molar-refractivity contribution in [3.8, 4) is 0 Å². The number of piperidine rings is 1. The van der Waals surface area contributed by atoms with E-state index in [1.54, 1.807) is 18.2 Å². The average molecular weight is 574 g/mol. The minimum absolute atomic E-state index is 0.00863. The summed E-state index contributed by atoms with van der Waals surface area (Å²) in [6, 6.07) is 19.4. The fourth-order valence-corrected chi connectivity index (χ4v) is 6.34. The number of hydrogen-bond acceptors (Lipinski definition) is 4. The highest BCUT2D eigenvalue weighted by atomic mass is 35.5. The Morgan fingerprint density at radius 3 is 2.62 bits per heavy atom. The number of pyridine rings is 1. The summed E-state index contributed by atoms with van der Waals surface area (Å²) in [5.41, 5.74) is 4.35. The fourth-order valence-electron chi connectivity index (χ4n) is 5.95. The molecule has 1 aliphatic carbocycles. The molecule has 8 heteroatoms. The van der Waals surface area contributed by atoms with Crippen molar-refractivity contribution in [3.05, 3.63) is 105 Å². The van der Waals surface area contributed by atoms with Gasteiger partial charge in [-0.3, -0.25) is 14.6 Å². The topological polar surface area (TPSA) is 65.5 Å². The smallest absolute Gasteiger partial charge is 0.253 e. The van der Waals surface area contributed by atoms with Crippen LogP contribution in [0.2, 0.25) is 10.0 Å². The first-order valence-electron chi connectivity index (χ1n) is 13.6. The molecule has 0 radical (unpaired) electrons. The van der Waals surface area contributed by atoms with Crippen LogP contribution < -0.4 is 10.2 Å². The zero-order valence-electron chi connectivity index (χ0n) is 22.2. The van der Waals surface area contributed by atoms with Gasteiger partial charge < -0.3 is 15.1 Å². The summed E-state index contributed by atoms with van der Waals surface area (Å²) < 4.78 is 0. The highest BCUT2D eigenvalue weighted by molar-refractivity contribution is 6.43. The molecule has 0 spiro atoms. The number of aryl methyl sites for hydroxylation is 1. The standard InChI is InChI=1S/C32H30Cl2N4O2/c1-37(24-12-15-38(16-13-24)25-9-7-23-19-35-14-11-21(23)17-25)32(40)22-6-5-20-8-10-29(27(20)18-22)36-31(39)26-3-2-4-28(33)30(26)34/h2-7,9,11,14,17-19,24,29H,8,10,12-13,15-16H2,1H3,(H,36,39). The van der Waals surface area contributed by atoms with Gasteiger partial charge in [-0.05, 0) is 84.7 Å². The van der Waals surface area contributed by atoms with Crippen LogP contribution in [0.1, 0.15) is 57.1 Å². The lowest BCUT2D eigenvalue weighted by atomic mass is 9.99. The van der Waals surface area contributed by atoms with Crippen molar-refractivity contribution in [1.29, 1.82) is 0 Å². The Hall–Kier alpha value is -3.61. The maximum absolute atomic E-state index is 13.6. The van der Waals surface area contributed by atoms with Gasteiger partial charge in [0.15, 0.2) is 0 Å². The van der Waals surface area contributed by atoms with Crippen LogP contribution in [0, 0.1) is 0 Å². The van der Waals surface area contributed by atoms with Crippen LogP contribution in [-0.2, 0) is 6.42 Å². The summed E-state index contributed by atoms with van der Waals surface area (Å²) in [5, 5.41) is 6.00. The molecule has 40 heavy (non-hydrogen) atoms. The Labute approximate surface area is 243 Å². The maximum atomic E-state index is 13.6. The lowest BCUT2D eigenvalue weighted by Crippen LogP contribution is -2.45. The van der Waals surface area contributed by atoms with Crippen LogP contribution in [0.15, 0.2) is 73.1 Å². The second kappa shape index (κ2) is 11.1. The number of fused-ring (bicyclic) bond motifs is 2. The number of rotatable bonds is 5. The molecular formula is C32H30Cl2N4O2. The number of hydrogen-bond donors (Lipinski definition) is 1. The Morgan fingerprint density at radius 1 is 0.975 bits per heavy atom. The Balaban J connectivity index is 1.11. The highest BCUT2D eigenvalue weighted by Gasteiger charge is 2.29. The van der Waals surface area contributed by atoms with Gasteiger partial charge >= 0.3 is 0 Å². The van der Waals surface area contributed by atoms with Gasteiger partial charge in [-0.25, -0.2) is 0 Å². The number of amides is 2. The van der Waals surface area contributed by atoms with E-state index < -0.39 is 0 Å². The molecule has 1 N–H and O–H groups in total. The van der Waals surface area contributed by atoms with Crippen molar-refractivity contribution in [2.45, 2.75) is 37.8 Å². The summed E-state index contributed by atoms with van der Waals surface area (Å²) in [4.78, 5) is 35.0. The lowest BCUT2D eigenvalue weighted by molar-refractivity contribution is 0.0709. The van der Waals surface area contributed by atoms with Gasteiger partial charge in [0, 0.05) is 55.2 Å². The van der Waals surface area contributed by atoms with Crippen molar-refractivity contribution < 1.29 is 9.59 Å². The molecule has 2 amide bonds. The molecule has 3 aromatic carbocycles. The molecule has 1 atom stereocenters. The summed E-state index contributed by atoms with van der Waals surface area (Å²) in [5.74, 6) is -0.261. The molecule has 6 nitrogen and oxygen atoms in total. The zero-order chi connectivity index (χ0) is 27.8. The van der Waals surface area contributed by atoms with Crippen molar-refractivity contribution in [3.63, 3.8) is 0 Å². The maximum Gasteiger partial charge on any atom is 0.253 e. The van der Waals surface area contributed by atoms with E-state index in [9.17, 15) is 9.59 Å². The van der Waals surface area contributed by atoms with Gasteiger partial charge in [-0.2, -0.15) is 0 Å². The Bertz CT molecular complexity index is 1600. The van der Waals surface area contributed by atoms with Crippen molar-refractivity contribution in [1.82, 2.24) is 15.2 Å². The van der Waals surface area contributed by atoms with E-state index in [0.29, 0.717) is 16.1 Å². The van der Waals surface area contributed by atoms with Gasteiger partial charge in [0.1, 0.15) is 0 Å². The van der Waals surface area contributed by atoms with Crippen LogP contribution >= 0.6 is 23.2 Å². The predicted octanol–water partition coefficient (Wildman–Crippen LogP) is 6.70. The summed E-state index contributed by atoms with van der Waals surface area (Å²) in [7, 11) is 1.90. The first-order valence-corrected chi connectivity index (χ1v) is 14.4. The van der Waals surface area contributed by atoms with E-state index in [0.717, 1.165) is 55.3 Å². The first-order chi connectivity index (χ1) is 19.4. The molecule has 0 saturated carbocycles. The first kappa shape index (κ1) is 26.6. The van der Waals surface area contributed by atoms with Crippen LogP contribution in [-0.4, -0.2) is 47.9 Å². The largest absolute Gasteiger partial charge is 0.371 e. The number of nitrogens with one attached hydrogen (secondary N) is 1. The molecule has 6 rings (SSSR count). The zero-order valence-corrected chi connectivity index (χ0v) is 23.8. The van der Waals surface area contributed by atoms with Gasteiger partial charge in [0.25, 0.3) is 11.8 Å². The highest BCUT2D eigenvalue weighted by Crippen LogP contribution is 2.34. The quantitative estimate of drug-likeness (QED) is 0.289. The van der Waals surface area contributed by atoms with E-state index in [4.69, 9.17) is 23.2 Å². The minimum Gasteiger partial charge on any atom is -0.371 e. The monoisotopic (exact) mass is 572 g/mol. The number of carbonyl (C=O) groups excluding carboxylic acids is 2. The summed E-state index contributed by atoms with van der Waals surface area (Å²) in [6.45, 7) is 1.78. The second-order valence-corrected chi connectivity index (χ2v) is 11.4. The Kier molecular flexibility index (Phi) is 7.39.